The topological polar surface area (TPSA) is 43.4 Å². The molecule has 0 N–H and O–H groups in total. The molecule has 0 amide bonds. The summed E-state index contributed by atoms with van der Waals surface area (Å²) in [5.41, 5.74) is 0.714. The maximum atomic E-state index is 11.9. The van der Waals surface area contributed by atoms with Gasteiger partial charge in [-0.05, 0) is 30.7 Å². The zero-order valence-corrected chi connectivity index (χ0v) is 12.3. The van der Waals surface area contributed by atoms with Crippen LogP contribution in [0.25, 0.3) is 0 Å². The van der Waals surface area contributed by atoms with Crippen LogP contribution in [0.15, 0.2) is 29.2 Å². The van der Waals surface area contributed by atoms with E-state index in [1.54, 1.807) is 11.8 Å². The predicted molar refractivity (Wildman–Crippen MR) is 77.7 cm³/mol. The molecular formula is C15H20O3S. The van der Waals surface area contributed by atoms with Crippen LogP contribution in [-0.2, 0) is 9.53 Å². The lowest BCUT2D eigenvalue weighted by Crippen LogP contribution is -2.03. The summed E-state index contributed by atoms with van der Waals surface area (Å²) in [5, 5.41) is 0. The van der Waals surface area contributed by atoms with Gasteiger partial charge in [0.1, 0.15) is 0 Å². The van der Waals surface area contributed by atoms with E-state index in [1.807, 2.05) is 24.3 Å². The molecule has 0 spiro atoms. The first-order valence-electron chi connectivity index (χ1n) is 6.50. The van der Waals surface area contributed by atoms with Gasteiger partial charge >= 0.3 is 5.97 Å². The summed E-state index contributed by atoms with van der Waals surface area (Å²) in [4.78, 5) is 24.0. The van der Waals surface area contributed by atoms with E-state index in [-0.39, 0.29) is 11.8 Å². The van der Waals surface area contributed by atoms with Crippen LogP contribution in [0, 0.1) is 0 Å². The Labute approximate surface area is 118 Å². The van der Waals surface area contributed by atoms with Crippen molar-refractivity contribution in [2.75, 3.05) is 12.9 Å². The Kier molecular flexibility index (Phi) is 7.26. The van der Waals surface area contributed by atoms with Crippen molar-refractivity contribution in [3.8, 4) is 0 Å². The Morgan fingerprint density at radius 2 is 1.84 bits per heavy atom. The highest BCUT2D eigenvalue weighted by atomic mass is 32.2. The van der Waals surface area contributed by atoms with E-state index in [0.29, 0.717) is 24.8 Å². The number of carbonyl (C=O) groups is 2. The normalized spacial score (nSPS) is 10.2. The van der Waals surface area contributed by atoms with Crippen LogP contribution in [0.2, 0.25) is 0 Å². The van der Waals surface area contributed by atoms with Gasteiger partial charge in [-0.25, -0.2) is 0 Å². The molecule has 0 aromatic heterocycles. The molecular weight excluding hydrogens is 260 g/mol. The molecule has 3 nitrogen and oxygen atoms in total. The quantitative estimate of drug-likeness (QED) is 0.413. The standard InChI is InChI=1S/C15H20O3S/c1-3-11-19-13-9-7-12(8-10-13)14(16)5-4-6-15(17)18-2/h7-10H,3-6,11H2,1-2H3. The monoisotopic (exact) mass is 280 g/mol. The maximum absolute atomic E-state index is 11.9. The zero-order chi connectivity index (χ0) is 14.1. The average Bonchev–Trinajstić information content (AvgIpc) is 2.45. The highest BCUT2D eigenvalue weighted by Gasteiger charge is 2.07. The minimum absolute atomic E-state index is 0.0796. The van der Waals surface area contributed by atoms with Crippen LogP contribution in [0.3, 0.4) is 0 Å². The van der Waals surface area contributed by atoms with Gasteiger partial charge < -0.3 is 4.74 Å². The molecule has 1 aromatic carbocycles. The minimum Gasteiger partial charge on any atom is -0.469 e. The number of carbonyl (C=O) groups excluding carboxylic acids is 2. The summed E-state index contributed by atoms with van der Waals surface area (Å²) < 4.78 is 4.54. The lowest BCUT2D eigenvalue weighted by Gasteiger charge is -2.03. The summed E-state index contributed by atoms with van der Waals surface area (Å²) in [5.74, 6) is 0.905. The van der Waals surface area contributed by atoms with Crippen LogP contribution in [0.5, 0.6) is 0 Å². The molecule has 0 atom stereocenters. The number of methoxy groups -OCH3 is 1. The van der Waals surface area contributed by atoms with Gasteiger partial charge in [0.2, 0.25) is 0 Å². The number of ether oxygens (including phenoxy) is 1. The molecule has 0 aliphatic carbocycles. The van der Waals surface area contributed by atoms with Gasteiger partial charge in [0, 0.05) is 23.3 Å². The molecule has 0 aliphatic heterocycles. The van der Waals surface area contributed by atoms with Crippen LogP contribution in [0.4, 0.5) is 0 Å². The number of hydrogen-bond acceptors (Lipinski definition) is 4. The fraction of sp³-hybridized carbons (Fsp3) is 0.467. The van der Waals surface area contributed by atoms with E-state index < -0.39 is 0 Å². The van der Waals surface area contributed by atoms with Gasteiger partial charge in [-0.1, -0.05) is 19.1 Å². The largest absolute Gasteiger partial charge is 0.469 e. The Hall–Kier alpha value is -1.29. The van der Waals surface area contributed by atoms with Crippen LogP contribution in [0.1, 0.15) is 43.0 Å². The molecule has 0 fully saturated rings. The summed E-state index contributed by atoms with van der Waals surface area (Å²) in [6, 6.07) is 7.68. The van der Waals surface area contributed by atoms with Crippen molar-refractivity contribution >= 4 is 23.5 Å². The first-order chi connectivity index (χ1) is 9.17. The van der Waals surface area contributed by atoms with E-state index in [0.717, 1.165) is 12.2 Å². The van der Waals surface area contributed by atoms with Crippen LogP contribution >= 0.6 is 11.8 Å². The van der Waals surface area contributed by atoms with E-state index in [4.69, 9.17) is 0 Å². The van der Waals surface area contributed by atoms with Crippen LogP contribution in [-0.4, -0.2) is 24.6 Å². The zero-order valence-electron chi connectivity index (χ0n) is 11.5. The van der Waals surface area contributed by atoms with Crippen molar-refractivity contribution in [3.63, 3.8) is 0 Å². The Morgan fingerprint density at radius 1 is 1.16 bits per heavy atom. The predicted octanol–water partition coefficient (Wildman–Crippen LogP) is 3.71. The van der Waals surface area contributed by atoms with Crippen molar-refractivity contribution in [2.45, 2.75) is 37.5 Å². The lowest BCUT2D eigenvalue weighted by molar-refractivity contribution is -0.140. The second-order valence-corrected chi connectivity index (χ2v) is 5.39. The van der Waals surface area contributed by atoms with E-state index in [2.05, 4.69) is 11.7 Å². The molecule has 0 radical (unpaired) electrons. The van der Waals surface area contributed by atoms with Gasteiger partial charge in [-0.3, -0.25) is 9.59 Å². The average molecular weight is 280 g/mol. The second kappa shape index (κ2) is 8.75. The van der Waals surface area contributed by atoms with Crippen LogP contribution < -0.4 is 0 Å². The van der Waals surface area contributed by atoms with E-state index >= 15 is 0 Å². The number of ketones is 1. The first kappa shape index (κ1) is 15.8. The number of rotatable bonds is 8. The van der Waals surface area contributed by atoms with E-state index in [1.165, 1.54) is 12.0 Å². The number of esters is 1. The van der Waals surface area contributed by atoms with Gasteiger partial charge in [-0.2, -0.15) is 0 Å². The highest BCUT2D eigenvalue weighted by molar-refractivity contribution is 7.99. The molecule has 0 saturated heterocycles. The van der Waals surface area contributed by atoms with Gasteiger partial charge in [0.05, 0.1) is 7.11 Å². The van der Waals surface area contributed by atoms with Crippen molar-refractivity contribution in [1.82, 2.24) is 0 Å². The van der Waals surface area contributed by atoms with Gasteiger partial charge in [-0.15, -0.1) is 11.8 Å². The molecule has 0 unspecified atom stereocenters. The third-order valence-electron chi connectivity index (χ3n) is 2.66. The first-order valence-corrected chi connectivity index (χ1v) is 7.48. The summed E-state index contributed by atoms with van der Waals surface area (Å²) in [7, 11) is 1.36. The molecule has 0 aliphatic rings. The molecule has 0 bridgehead atoms. The number of thioether (sulfide) groups is 1. The highest BCUT2D eigenvalue weighted by Crippen LogP contribution is 2.19. The van der Waals surface area contributed by atoms with Crippen molar-refractivity contribution in [3.05, 3.63) is 29.8 Å². The summed E-state index contributed by atoms with van der Waals surface area (Å²) >= 11 is 1.79. The minimum atomic E-state index is -0.265. The SMILES string of the molecule is CCCSc1ccc(C(=O)CCCC(=O)OC)cc1. The fourth-order valence-electron chi connectivity index (χ4n) is 1.60. The van der Waals surface area contributed by atoms with E-state index in [9.17, 15) is 9.59 Å². The lowest BCUT2D eigenvalue weighted by atomic mass is 10.1. The van der Waals surface area contributed by atoms with Gasteiger partial charge in [0.25, 0.3) is 0 Å². The number of Topliss-reactive ketones (excluding diaryl/α,β-unsaturated/α-hetero) is 1. The third kappa shape index (κ3) is 5.92. The van der Waals surface area contributed by atoms with Crippen molar-refractivity contribution in [1.29, 1.82) is 0 Å². The molecule has 1 rings (SSSR count). The number of hydrogen-bond donors (Lipinski definition) is 0. The maximum Gasteiger partial charge on any atom is 0.305 e. The molecule has 4 heteroatoms. The second-order valence-electron chi connectivity index (χ2n) is 4.23. The number of benzene rings is 1. The third-order valence-corrected chi connectivity index (χ3v) is 3.88. The summed E-state index contributed by atoms with van der Waals surface area (Å²) in [6.07, 6.45) is 2.36. The Balaban J connectivity index is 2.42. The molecule has 1 aromatic rings. The molecule has 0 heterocycles. The Bertz CT molecular complexity index is 412. The van der Waals surface area contributed by atoms with Crippen molar-refractivity contribution in [2.24, 2.45) is 0 Å². The molecule has 104 valence electrons. The smallest absolute Gasteiger partial charge is 0.305 e. The molecule has 0 saturated carbocycles. The van der Waals surface area contributed by atoms with Gasteiger partial charge in [0.15, 0.2) is 5.78 Å². The van der Waals surface area contributed by atoms with Crippen molar-refractivity contribution < 1.29 is 14.3 Å². The summed E-state index contributed by atoms with van der Waals surface area (Å²) in [6.45, 7) is 2.15. The Morgan fingerprint density at radius 3 is 2.42 bits per heavy atom. The fourth-order valence-corrected chi connectivity index (χ4v) is 2.37. The molecule has 19 heavy (non-hydrogen) atoms.